The molecule has 0 heterocycles. The first kappa shape index (κ1) is 49.9. The first-order valence-electron chi connectivity index (χ1n) is 22.3. The highest BCUT2D eigenvalue weighted by Gasteiger charge is 2.19. The van der Waals surface area contributed by atoms with Gasteiger partial charge in [-0.05, 0) is 51.4 Å². The van der Waals surface area contributed by atoms with Gasteiger partial charge in [0.2, 0.25) is 0 Å². The minimum atomic E-state index is -0.762. The Kier molecular flexibility index (Phi) is 40.0. The number of carbonyl (C=O) groups excluding carboxylic acids is 3. The van der Waals surface area contributed by atoms with E-state index in [1.54, 1.807) is 0 Å². The van der Waals surface area contributed by atoms with Crippen molar-refractivity contribution in [1.82, 2.24) is 0 Å². The standard InChI is InChI=1S/C46H84O6/c1-4-7-10-13-16-18-19-20-21-22-23-24-25-26-27-28-31-33-36-39-45(48)51-42-43(41-50-44(47)38-35-32-29-15-12-9-6-3)52-46(49)40-37-34-30-17-14-11-8-5-2/h16,18,20-21,43H,4-15,17,19,22-42H2,1-3H3/b18-16-,21-20-. The van der Waals surface area contributed by atoms with Crippen LogP contribution in [0.3, 0.4) is 0 Å². The van der Waals surface area contributed by atoms with Crippen LogP contribution in [0.4, 0.5) is 0 Å². The number of ether oxygens (including phenoxy) is 3. The molecule has 304 valence electrons. The summed E-state index contributed by atoms with van der Waals surface area (Å²) in [4.78, 5) is 37.4. The smallest absolute Gasteiger partial charge is 0.306 e. The molecule has 1 unspecified atom stereocenters. The third kappa shape index (κ3) is 39.1. The Bertz CT molecular complexity index is 850. The zero-order valence-electron chi connectivity index (χ0n) is 34.6. The van der Waals surface area contributed by atoms with E-state index in [9.17, 15) is 14.4 Å². The molecule has 0 aliphatic carbocycles. The summed E-state index contributed by atoms with van der Waals surface area (Å²) in [5, 5.41) is 0. The lowest BCUT2D eigenvalue weighted by Crippen LogP contribution is -2.30. The Balaban J connectivity index is 4.17. The fraction of sp³-hybridized carbons (Fsp3) is 0.848. The Morgan fingerprint density at radius 3 is 1.10 bits per heavy atom. The minimum Gasteiger partial charge on any atom is -0.462 e. The van der Waals surface area contributed by atoms with Crippen molar-refractivity contribution in [2.24, 2.45) is 0 Å². The summed E-state index contributed by atoms with van der Waals surface area (Å²) in [6.45, 7) is 6.53. The van der Waals surface area contributed by atoms with Gasteiger partial charge in [0.1, 0.15) is 13.2 Å². The average molecular weight is 733 g/mol. The van der Waals surface area contributed by atoms with E-state index in [1.807, 2.05) is 0 Å². The quantitative estimate of drug-likeness (QED) is 0.0270. The van der Waals surface area contributed by atoms with E-state index in [4.69, 9.17) is 14.2 Å². The second-order valence-corrected chi connectivity index (χ2v) is 15.0. The SMILES string of the molecule is CCCCC/C=C\C/C=C\CCCCCCCCCCCC(=O)OCC(COC(=O)CCCCCCCCC)OC(=O)CCCCCCCCCC. The first-order valence-corrected chi connectivity index (χ1v) is 22.3. The van der Waals surface area contributed by atoms with Gasteiger partial charge in [0, 0.05) is 19.3 Å². The average Bonchev–Trinajstić information content (AvgIpc) is 3.14. The first-order chi connectivity index (χ1) is 25.5. The molecule has 0 radical (unpaired) electrons. The Morgan fingerprint density at radius 2 is 0.692 bits per heavy atom. The van der Waals surface area contributed by atoms with Crippen molar-refractivity contribution in [2.45, 2.75) is 239 Å². The predicted octanol–water partition coefficient (Wildman–Crippen LogP) is 14.0. The summed E-state index contributed by atoms with van der Waals surface area (Å²) in [6.07, 6.45) is 44.6. The van der Waals surface area contributed by atoms with Crippen molar-refractivity contribution >= 4 is 17.9 Å². The Labute approximate surface area is 322 Å². The monoisotopic (exact) mass is 733 g/mol. The van der Waals surface area contributed by atoms with E-state index in [0.29, 0.717) is 19.3 Å². The lowest BCUT2D eigenvalue weighted by atomic mass is 10.1. The maximum Gasteiger partial charge on any atom is 0.306 e. The molecule has 0 saturated heterocycles. The number of hydrogen-bond donors (Lipinski definition) is 0. The molecular weight excluding hydrogens is 649 g/mol. The normalized spacial score (nSPS) is 12.1. The highest BCUT2D eigenvalue weighted by molar-refractivity contribution is 5.71. The molecule has 0 rings (SSSR count). The molecule has 6 heteroatoms. The topological polar surface area (TPSA) is 78.9 Å². The number of esters is 3. The van der Waals surface area contributed by atoms with Gasteiger partial charge in [-0.3, -0.25) is 14.4 Å². The largest absolute Gasteiger partial charge is 0.462 e. The summed E-state index contributed by atoms with van der Waals surface area (Å²) in [5.74, 6) is -0.882. The molecule has 0 aromatic rings. The second-order valence-electron chi connectivity index (χ2n) is 15.0. The minimum absolute atomic E-state index is 0.0701. The van der Waals surface area contributed by atoms with E-state index in [2.05, 4.69) is 45.1 Å². The lowest BCUT2D eigenvalue weighted by molar-refractivity contribution is -0.167. The van der Waals surface area contributed by atoms with Crippen molar-refractivity contribution in [2.75, 3.05) is 13.2 Å². The molecule has 52 heavy (non-hydrogen) atoms. The fourth-order valence-corrected chi connectivity index (χ4v) is 6.29. The van der Waals surface area contributed by atoms with Gasteiger partial charge in [-0.2, -0.15) is 0 Å². The molecule has 0 aromatic carbocycles. The van der Waals surface area contributed by atoms with Crippen molar-refractivity contribution in [3.05, 3.63) is 24.3 Å². The number of carbonyl (C=O) groups is 3. The van der Waals surface area contributed by atoms with E-state index in [-0.39, 0.29) is 31.1 Å². The zero-order valence-corrected chi connectivity index (χ0v) is 34.6. The molecule has 1 atom stereocenters. The lowest BCUT2D eigenvalue weighted by Gasteiger charge is -2.18. The second kappa shape index (κ2) is 41.6. The third-order valence-electron chi connectivity index (χ3n) is 9.71. The molecule has 0 aliphatic rings. The van der Waals surface area contributed by atoms with Crippen molar-refractivity contribution < 1.29 is 28.6 Å². The van der Waals surface area contributed by atoms with Crippen molar-refractivity contribution in [1.29, 1.82) is 0 Å². The fourth-order valence-electron chi connectivity index (χ4n) is 6.29. The van der Waals surface area contributed by atoms with Crippen LogP contribution in [0.2, 0.25) is 0 Å². The molecule has 0 spiro atoms. The van der Waals surface area contributed by atoms with Gasteiger partial charge in [0.05, 0.1) is 0 Å². The Hall–Kier alpha value is -2.11. The summed E-state index contributed by atoms with van der Waals surface area (Å²) >= 11 is 0. The Morgan fingerprint density at radius 1 is 0.385 bits per heavy atom. The van der Waals surface area contributed by atoms with Crippen molar-refractivity contribution in [3.63, 3.8) is 0 Å². The summed E-state index contributed by atoms with van der Waals surface area (Å²) < 4.78 is 16.6. The predicted molar refractivity (Wildman–Crippen MR) is 219 cm³/mol. The zero-order chi connectivity index (χ0) is 38.0. The molecule has 6 nitrogen and oxygen atoms in total. The van der Waals surface area contributed by atoms with Gasteiger partial charge in [-0.15, -0.1) is 0 Å². The van der Waals surface area contributed by atoms with Gasteiger partial charge < -0.3 is 14.2 Å². The van der Waals surface area contributed by atoms with Crippen LogP contribution in [0.1, 0.15) is 233 Å². The van der Waals surface area contributed by atoms with Crippen LogP contribution in [0.5, 0.6) is 0 Å². The molecule has 0 aliphatic heterocycles. The number of rotatable bonds is 40. The van der Waals surface area contributed by atoms with Crippen LogP contribution < -0.4 is 0 Å². The highest BCUT2D eigenvalue weighted by atomic mass is 16.6. The maximum atomic E-state index is 12.6. The summed E-state index contributed by atoms with van der Waals surface area (Å²) in [7, 11) is 0. The van der Waals surface area contributed by atoms with Crippen LogP contribution >= 0.6 is 0 Å². The molecule has 0 bridgehead atoms. The molecule has 0 N–H and O–H groups in total. The van der Waals surface area contributed by atoms with E-state index >= 15 is 0 Å². The number of allylic oxidation sites excluding steroid dienone is 4. The van der Waals surface area contributed by atoms with E-state index in [1.165, 1.54) is 128 Å². The van der Waals surface area contributed by atoms with Gasteiger partial charge in [0.15, 0.2) is 6.10 Å². The van der Waals surface area contributed by atoms with E-state index in [0.717, 1.165) is 64.2 Å². The number of unbranched alkanes of at least 4 members (excludes halogenated alkanes) is 25. The van der Waals surface area contributed by atoms with Crippen LogP contribution in [0, 0.1) is 0 Å². The van der Waals surface area contributed by atoms with Gasteiger partial charge >= 0.3 is 17.9 Å². The van der Waals surface area contributed by atoms with E-state index < -0.39 is 6.10 Å². The summed E-state index contributed by atoms with van der Waals surface area (Å²) in [6, 6.07) is 0. The van der Waals surface area contributed by atoms with Gasteiger partial charge in [-0.25, -0.2) is 0 Å². The molecule has 0 aromatic heterocycles. The third-order valence-corrected chi connectivity index (χ3v) is 9.71. The molecule has 0 amide bonds. The summed E-state index contributed by atoms with van der Waals surface area (Å²) in [5.41, 5.74) is 0. The highest BCUT2D eigenvalue weighted by Crippen LogP contribution is 2.14. The maximum absolute atomic E-state index is 12.6. The van der Waals surface area contributed by atoms with Gasteiger partial charge in [-0.1, -0.05) is 186 Å². The molecule has 0 saturated carbocycles. The molecular formula is C46H84O6. The van der Waals surface area contributed by atoms with Crippen LogP contribution in [0.15, 0.2) is 24.3 Å². The number of hydrogen-bond acceptors (Lipinski definition) is 6. The van der Waals surface area contributed by atoms with Crippen LogP contribution in [0.25, 0.3) is 0 Å². The van der Waals surface area contributed by atoms with Crippen LogP contribution in [-0.4, -0.2) is 37.2 Å². The van der Waals surface area contributed by atoms with Crippen LogP contribution in [-0.2, 0) is 28.6 Å². The molecule has 0 fully saturated rings. The van der Waals surface area contributed by atoms with Gasteiger partial charge in [0.25, 0.3) is 0 Å². The van der Waals surface area contributed by atoms with Crippen molar-refractivity contribution in [3.8, 4) is 0 Å².